The van der Waals surface area contributed by atoms with Crippen molar-refractivity contribution in [2.45, 2.75) is 51.9 Å². The number of hydrogen-bond donors (Lipinski definition) is 1. The smallest absolute Gasteiger partial charge is 0.223 e. The van der Waals surface area contributed by atoms with Crippen LogP contribution in [0.1, 0.15) is 38.1 Å². The lowest BCUT2D eigenvalue weighted by atomic mass is 9.88. The van der Waals surface area contributed by atoms with Crippen molar-refractivity contribution >= 4 is 15.9 Å². The Morgan fingerprint density at radius 2 is 2.20 bits per heavy atom. The molecule has 2 aliphatic rings. The Labute approximate surface area is 148 Å². The van der Waals surface area contributed by atoms with Crippen LogP contribution in [-0.2, 0) is 39.2 Å². The molecule has 140 valence electrons. The number of ether oxygens (including phenoxy) is 1. The van der Waals surface area contributed by atoms with Gasteiger partial charge in [0, 0.05) is 19.1 Å². The largest absolute Gasteiger partial charge is 0.376 e. The van der Waals surface area contributed by atoms with E-state index in [1.54, 1.807) is 0 Å². The molecule has 2 aliphatic heterocycles. The highest BCUT2D eigenvalue weighted by atomic mass is 32.2. The fourth-order valence-electron chi connectivity index (χ4n) is 3.45. The standard InChI is InChI=1S/C16H26N4O4S/c1-16(2)9-12(4-7-24-16)15(21)17-10-13-8-14-11-19(25(3,22)23)5-6-20(14)18-13/h8,12H,4-7,9-11H2,1-3H3,(H,17,21). The highest BCUT2D eigenvalue weighted by Crippen LogP contribution is 2.28. The van der Waals surface area contributed by atoms with Crippen molar-refractivity contribution in [1.29, 1.82) is 0 Å². The van der Waals surface area contributed by atoms with E-state index in [2.05, 4.69) is 10.4 Å². The van der Waals surface area contributed by atoms with Gasteiger partial charge in [0.1, 0.15) is 0 Å². The van der Waals surface area contributed by atoms with E-state index in [-0.39, 0.29) is 17.4 Å². The minimum atomic E-state index is -3.20. The summed E-state index contributed by atoms with van der Waals surface area (Å²) in [6.07, 6.45) is 2.66. The van der Waals surface area contributed by atoms with Gasteiger partial charge in [0.15, 0.2) is 0 Å². The molecule has 1 N–H and O–H groups in total. The zero-order valence-corrected chi connectivity index (χ0v) is 15.8. The number of rotatable bonds is 4. The predicted molar refractivity (Wildman–Crippen MR) is 92.1 cm³/mol. The third-order valence-electron chi connectivity index (χ3n) is 4.79. The maximum atomic E-state index is 12.4. The molecule has 1 unspecified atom stereocenters. The first-order valence-electron chi connectivity index (χ1n) is 8.56. The zero-order valence-electron chi connectivity index (χ0n) is 15.0. The van der Waals surface area contributed by atoms with Crippen LogP contribution in [0.2, 0.25) is 0 Å². The minimum absolute atomic E-state index is 0.0279. The monoisotopic (exact) mass is 370 g/mol. The van der Waals surface area contributed by atoms with Crippen LogP contribution in [0.25, 0.3) is 0 Å². The van der Waals surface area contributed by atoms with E-state index in [1.165, 1.54) is 10.6 Å². The van der Waals surface area contributed by atoms with Gasteiger partial charge >= 0.3 is 0 Å². The van der Waals surface area contributed by atoms with Crippen LogP contribution in [0.3, 0.4) is 0 Å². The van der Waals surface area contributed by atoms with Gasteiger partial charge in [0.05, 0.1) is 42.9 Å². The molecule has 1 atom stereocenters. The molecule has 1 aromatic heterocycles. The molecule has 0 saturated carbocycles. The number of carbonyl (C=O) groups excluding carboxylic acids is 1. The summed E-state index contributed by atoms with van der Waals surface area (Å²) in [5.74, 6) is -0.0122. The molecule has 1 saturated heterocycles. The highest BCUT2D eigenvalue weighted by Gasteiger charge is 2.33. The van der Waals surface area contributed by atoms with Gasteiger partial charge in [0.25, 0.3) is 0 Å². The molecule has 9 heteroatoms. The van der Waals surface area contributed by atoms with Crippen molar-refractivity contribution in [2.24, 2.45) is 5.92 Å². The van der Waals surface area contributed by atoms with Gasteiger partial charge in [0.2, 0.25) is 15.9 Å². The Bertz CT molecular complexity index is 756. The van der Waals surface area contributed by atoms with Gasteiger partial charge in [-0.2, -0.15) is 9.40 Å². The second-order valence-electron chi connectivity index (χ2n) is 7.46. The van der Waals surface area contributed by atoms with E-state index in [4.69, 9.17) is 4.74 Å². The van der Waals surface area contributed by atoms with Crippen LogP contribution >= 0.6 is 0 Å². The Morgan fingerprint density at radius 3 is 2.88 bits per heavy atom. The fourth-order valence-corrected chi connectivity index (χ4v) is 4.23. The molecule has 1 fully saturated rings. The number of nitrogens with one attached hydrogen (secondary N) is 1. The lowest BCUT2D eigenvalue weighted by molar-refractivity contribution is -0.135. The van der Waals surface area contributed by atoms with E-state index < -0.39 is 10.0 Å². The number of aromatic nitrogens is 2. The van der Waals surface area contributed by atoms with Crippen LogP contribution in [0.5, 0.6) is 0 Å². The minimum Gasteiger partial charge on any atom is -0.376 e. The average Bonchev–Trinajstić information content (AvgIpc) is 2.92. The Balaban J connectivity index is 1.58. The molecule has 3 heterocycles. The zero-order chi connectivity index (χ0) is 18.2. The molecule has 0 spiro atoms. The van der Waals surface area contributed by atoms with Gasteiger partial charge in [-0.05, 0) is 32.8 Å². The number of amides is 1. The van der Waals surface area contributed by atoms with E-state index in [1.807, 2.05) is 24.6 Å². The number of fused-ring (bicyclic) bond motifs is 1. The second kappa shape index (κ2) is 6.69. The van der Waals surface area contributed by atoms with Crippen LogP contribution in [0.15, 0.2) is 6.07 Å². The van der Waals surface area contributed by atoms with Crippen molar-refractivity contribution in [3.8, 4) is 0 Å². The molecular weight excluding hydrogens is 344 g/mol. The normalized spacial score (nSPS) is 23.9. The first-order valence-corrected chi connectivity index (χ1v) is 10.4. The lowest BCUT2D eigenvalue weighted by Gasteiger charge is -2.34. The first kappa shape index (κ1) is 18.3. The highest BCUT2D eigenvalue weighted by molar-refractivity contribution is 7.88. The molecular formula is C16H26N4O4S. The maximum Gasteiger partial charge on any atom is 0.223 e. The molecule has 1 amide bonds. The quantitative estimate of drug-likeness (QED) is 0.832. The Hall–Kier alpha value is -1.45. The van der Waals surface area contributed by atoms with Gasteiger partial charge < -0.3 is 10.1 Å². The Kier molecular flexibility index (Phi) is 4.91. The van der Waals surface area contributed by atoms with E-state index in [0.29, 0.717) is 39.2 Å². The maximum absolute atomic E-state index is 12.4. The molecule has 1 aromatic rings. The van der Waals surface area contributed by atoms with Gasteiger partial charge in [-0.15, -0.1) is 0 Å². The Morgan fingerprint density at radius 1 is 1.44 bits per heavy atom. The average molecular weight is 370 g/mol. The van der Waals surface area contributed by atoms with Crippen LogP contribution < -0.4 is 5.32 Å². The summed E-state index contributed by atoms with van der Waals surface area (Å²) in [5, 5.41) is 7.42. The van der Waals surface area contributed by atoms with Crippen molar-refractivity contribution < 1.29 is 17.9 Å². The summed E-state index contributed by atoms with van der Waals surface area (Å²) in [4.78, 5) is 12.4. The van der Waals surface area contributed by atoms with Crippen LogP contribution in [0, 0.1) is 5.92 Å². The molecule has 0 bridgehead atoms. The third kappa shape index (κ3) is 4.39. The topological polar surface area (TPSA) is 93.5 Å². The van der Waals surface area contributed by atoms with Crippen molar-refractivity contribution in [3.05, 3.63) is 17.5 Å². The molecule has 8 nitrogen and oxygen atoms in total. The van der Waals surface area contributed by atoms with Gasteiger partial charge in [-0.1, -0.05) is 0 Å². The first-order chi connectivity index (χ1) is 11.6. The molecule has 0 radical (unpaired) electrons. The third-order valence-corrected chi connectivity index (χ3v) is 6.04. The fraction of sp³-hybridized carbons (Fsp3) is 0.750. The van der Waals surface area contributed by atoms with E-state index >= 15 is 0 Å². The number of hydrogen-bond acceptors (Lipinski definition) is 5. The molecule has 25 heavy (non-hydrogen) atoms. The molecule has 3 rings (SSSR count). The summed E-state index contributed by atoms with van der Waals surface area (Å²) < 4.78 is 32.3. The van der Waals surface area contributed by atoms with Crippen LogP contribution in [0.4, 0.5) is 0 Å². The summed E-state index contributed by atoms with van der Waals surface area (Å²) >= 11 is 0. The summed E-state index contributed by atoms with van der Waals surface area (Å²) in [7, 11) is -3.20. The number of carbonyl (C=O) groups is 1. The van der Waals surface area contributed by atoms with E-state index in [0.717, 1.165) is 17.8 Å². The van der Waals surface area contributed by atoms with Gasteiger partial charge in [-0.25, -0.2) is 8.42 Å². The van der Waals surface area contributed by atoms with Gasteiger partial charge in [-0.3, -0.25) is 9.48 Å². The second-order valence-corrected chi connectivity index (χ2v) is 9.44. The van der Waals surface area contributed by atoms with Crippen molar-refractivity contribution in [1.82, 2.24) is 19.4 Å². The predicted octanol–water partition coefficient (Wildman–Crippen LogP) is 0.480. The van der Waals surface area contributed by atoms with Crippen LogP contribution in [-0.4, -0.2) is 53.4 Å². The summed E-state index contributed by atoms with van der Waals surface area (Å²) in [6.45, 7) is 6.25. The molecule has 0 aliphatic carbocycles. The molecule has 0 aromatic carbocycles. The lowest BCUT2D eigenvalue weighted by Crippen LogP contribution is -2.41. The van der Waals surface area contributed by atoms with Crippen molar-refractivity contribution in [2.75, 3.05) is 19.4 Å². The summed E-state index contributed by atoms with van der Waals surface area (Å²) in [5.41, 5.74) is 1.35. The number of nitrogens with zero attached hydrogens (tertiary/aromatic N) is 3. The number of sulfonamides is 1. The van der Waals surface area contributed by atoms with Crippen molar-refractivity contribution in [3.63, 3.8) is 0 Å². The summed E-state index contributed by atoms with van der Waals surface area (Å²) in [6, 6.07) is 1.87. The SMILES string of the molecule is CC1(C)CC(C(=O)NCc2cc3n(n2)CCN(S(C)(=O)=O)C3)CCO1. The van der Waals surface area contributed by atoms with E-state index in [9.17, 15) is 13.2 Å².